The molecule has 0 saturated carbocycles. The van der Waals surface area contributed by atoms with Crippen LogP contribution in [0.2, 0.25) is 0 Å². The molecule has 2 rings (SSSR count). The molecule has 0 bridgehead atoms. The zero-order chi connectivity index (χ0) is 13.9. The number of hydrogen-bond acceptors (Lipinski definition) is 3. The molecule has 1 saturated heterocycles. The van der Waals surface area contributed by atoms with Crippen molar-refractivity contribution in [1.82, 2.24) is 5.32 Å². The highest BCUT2D eigenvalue weighted by Gasteiger charge is 2.34. The third kappa shape index (κ3) is 3.07. The standard InChI is InChI=1S/C14H15FN2OS/c1-10-2-3-12(15)11(8-10)13(18)17-14(9-16)4-6-19-7-5-14/h2-3,8H,4-7H2,1H3,(H,17,18). The second kappa shape index (κ2) is 5.62. The molecule has 0 aliphatic carbocycles. The summed E-state index contributed by atoms with van der Waals surface area (Å²) in [6, 6.07) is 6.58. The Labute approximate surface area is 116 Å². The molecule has 0 aromatic heterocycles. The second-order valence-corrected chi connectivity index (χ2v) is 5.97. The summed E-state index contributed by atoms with van der Waals surface area (Å²) in [5.41, 5.74) is -0.0250. The molecule has 0 atom stereocenters. The molecular weight excluding hydrogens is 263 g/mol. The molecule has 0 radical (unpaired) electrons. The van der Waals surface area contributed by atoms with E-state index < -0.39 is 17.3 Å². The molecule has 19 heavy (non-hydrogen) atoms. The first-order valence-corrected chi connectivity index (χ1v) is 7.29. The van der Waals surface area contributed by atoms with Crippen molar-refractivity contribution in [2.45, 2.75) is 25.3 Å². The Hall–Kier alpha value is -1.54. The first-order chi connectivity index (χ1) is 9.06. The topological polar surface area (TPSA) is 52.9 Å². The Kier molecular flexibility index (Phi) is 4.11. The molecule has 1 aromatic carbocycles. The molecule has 1 aliphatic rings. The summed E-state index contributed by atoms with van der Waals surface area (Å²) < 4.78 is 13.7. The lowest BCUT2D eigenvalue weighted by atomic mass is 9.93. The van der Waals surface area contributed by atoms with Gasteiger partial charge in [-0.2, -0.15) is 17.0 Å². The van der Waals surface area contributed by atoms with Crippen LogP contribution in [0.5, 0.6) is 0 Å². The predicted octanol–water partition coefficient (Wildman–Crippen LogP) is 2.65. The quantitative estimate of drug-likeness (QED) is 0.905. The van der Waals surface area contributed by atoms with E-state index in [9.17, 15) is 14.4 Å². The van der Waals surface area contributed by atoms with Crippen LogP contribution < -0.4 is 5.32 Å². The molecule has 1 aromatic rings. The summed E-state index contributed by atoms with van der Waals surface area (Å²) in [5, 5.41) is 12.0. The number of carbonyl (C=O) groups excluding carboxylic acids is 1. The number of benzene rings is 1. The molecule has 5 heteroatoms. The van der Waals surface area contributed by atoms with E-state index in [2.05, 4.69) is 11.4 Å². The van der Waals surface area contributed by atoms with Gasteiger partial charge in [-0.15, -0.1) is 0 Å². The van der Waals surface area contributed by atoms with Crippen molar-refractivity contribution in [2.75, 3.05) is 11.5 Å². The van der Waals surface area contributed by atoms with Crippen molar-refractivity contribution in [1.29, 1.82) is 5.26 Å². The van der Waals surface area contributed by atoms with Crippen molar-refractivity contribution in [2.24, 2.45) is 0 Å². The molecule has 1 heterocycles. The highest BCUT2D eigenvalue weighted by molar-refractivity contribution is 7.99. The Balaban J connectivity index is 2.20. The van der Waals surface area contributed by atoms with Crippen LogP contribution in [-0.2, 0) is 0 Å². The second-order valence-electron chi connectivity index (χ2n) is 4.74. The normalized spacial score (nSPS) is 17.5. The smallest absolute Gasteiger partial charge is 0.255 e. The molecule has 0 spiro atoms. The minimum absolute atomic E-state index is 0.00727. The maximum atomic E-state index is 13.7. The Bertz CT molecular complexity index is 533. The fraction of sp³-hybridized carbons (Fsp3) is 0.429. The zero-order valence-electron chi connectivity index (χ0n) is 10.7. The summed E-state index contributed by atoms with van der Waals surface area (Å²) >= 11 is 1.76. The van der Waals surface area contributed by atoms with E-state index in [0.717, 1.165) is 17.1 Å². The Morgan fingerprint density at radius 3 is 2.79 bits per heavy atom. The van der Waals surface area contributed by atoms with Gasteiger partial charge in [-0.05, 0) is 43.4 Å². The number of nitriles is 1. The first-order valence-electron chi connectivity index (χ1n) is 6.14. The molecule has 1 fully saturated rings. The molecule has 1 aliphatic heterocycles. The summed E-state index contributed by atoms with van der Waals surface area (Å²) in [5.74, 6) is 0.616. The van der Waals surface area contributed by atoms with Crippen LogP contribution >= 0.6 is 11.8 Å². The van der Waals surface area contributed by atoms with E-state index in [0.29, 0.717) is 12.8 Å². The van der Waals surface area contributed by atoms with Gasteiger partial charge in [-0.25, -0.2) is 4.39 Å². The number of amides is 1. The van der Waals surface area contributed by atoms with Crippen LogP contribution in [0.3, 0.4) is 0 Å². The van der Waals surface area contributed by atoms with E-state index >= 15 is 0 Å². The summed E-state index contributed by atoms with van der Waals surface area (Å²) in [7, 11) is 0. The number of nitrogens with one attached hydrogen (secondary N) is 1. The number of aryl methyl sites for hydroxylation is 1. The van der Waals surface area contributed by atoms with Crippen molar-refractivity contribution in [3.05, 3.63) is 35.1 Å². The maximum absolute atomic E-state index is 13.7. The minimum Gasteiger partial charge on any atom is -0.334 e. The van der Waals surface area contributed by atoms with Gasteiger partial charge < -0.3 is 5.32 Å². The maximum Gasteiger partial charge on any atom is 0.255 e. The van der Waals surface area contributed by atoms with Gasteiger partial charge in [0.05, 0.1) is 11.6 Å². The van der Waals surface area contributed by atoms with E-state index in [1.54, 1.807) is 24.8 Å². The van der Waals surface area contributed by atoms with E-state index in [4.69, 9.17) is 0 Å². The highest BCUT2D eigenvalue weighted by Crippen LogP contribution is 2.27. The van der Waals surface area contributed by atoms with Crippen molar-refractivity contribution in [3.63, 3.8) is 0 Å². The number of nitrogens with zero attached hydrogens (tertiary/aromatic N) is 1. The summed E-state index contributed by atoms with van der Waals surface area (Å²) in [6.45, 7) is 1.80. The van der Waals surface area contributed by atoms with Gasteiger partial charge in [0.1, 0.15) is 11.4 Å². The van der Waals surface area contributed by atoms with E-state index in [-0.39, 0.29) is 5.56 Å². The number of halogens is 1. The SMILES string of the molecule is Cc1ccc(F)c(C(=O)NC2(C#N)CCSCC2)c1. The lowest BCUT2D eigenvalue weighted by Gasteiger charge is -2.31. The van der Waals surface area contributed by atoms with Crippen LogP contribution in [0.1, 0.15) is 28.8 Å². The van der Waals surface area contributed by atoms with Gasteiger partial charge >= 0.3 is 0 Å². The van der Waals surface area contributed by atoms with Crippen LogP contribution in [0.4, 0.5) is 4.39 Å². The van der Waals surface area contributed by atoms with E-state index in [1.165, 1.54) is 12.1 Å². The lowest BCUT2D eigenvalue weighted by molar-refractivity contribution is 0.0911. The van der Waals surface area contributed by atoms with E-state index in [1.807, 2.05) is 0 Å². The fourth-order valence-corrected chi connectivity index (χ4v) is 3.27. The molecule has 0 unspecified atom stereocenters. The molecule has 1 N–H and O–H groups in total. The number of carbonyl (C=O) groups is 1. The average Bonchev–Trinajstić information content (AvgIpc) is 2.42. The lowest BCUT2D eigenvalue weighted by Crippen LogP contribution is -2.49. The van der Waals surface area contributed by atoms with Crippen LogP contribution in [0.25, 0.3) is 0 Å². The average molecular weight is 278 g/mol. The predicted molar refractivity (Wildman–Crippen MR) is 73.5 cm³/mol. The monoisotopic (exact) mass is 278 g/mol. The van der Waals surface area contributed by atoms with Gasteiger partial charge in [0.2, 0.25) is 0 Å². The van der Waals surface area contributed by atoms with Crippen LogP contribution in [-0.4, -0.2) is 23.0 Å². The van der Waals surface area contributed by atoms with Gasteiger partial charge in [0, 0.05) is 0 Å². The van der Waals surface area contributed by atoms with Crippen molar-refractivity contribution < 1.29 is 9.18 Å². The molecule has 3 nitrogen and oxygen atoms in total. The Morgan fingerprint density at radius 1 is 1.47 bits per heavy atom. The largest absolute Gasteiger partial charge is 0.334 e. The third-order valence-electron chi connectivity index (χ3n) is 3.28. The van der Waals surface area contributed by atoms with Crippen molar-refractivity contribution >= 4 is 17.7 Å². The summed E-state index contributed by atoms with van der Waals surface area (Å²) in [6.07, 6.45) is 1.21. The molecule has 1 amide bonds. The van der Waals surface area contributed by atoms with Gasteiger partial charge in [0.25, 0.3) is 5.91 Å². The number of thioether (sulfide) groups is 1. The van der Waals surface area contributed by atoms with Gasteiger partial charge in [-0.1, -0.05) is 11.6 Å². The van der Waals surface area contributed by atoms with Crippen LogP contribution in [0.15, 0.2) is 18.2 Å². The van der Waals surface area contributed by atoms with Crippen molar-refractivity contribution in [3.8, 4) is 6.07 Å². The van der Waals surface area contributed by atoms with Crippen LogP contribution in [0, 0.1) is 24.1 Å². The zero-order valence-corrected chi connectivity index (χ0v) is 11.5. The fourth-order valence-electron chi connectivity index (χ4n) is 2.08. The molecular formula is C14H15FN2OS. The first kappa shape index (κ1) is 13.9. The Morgan fingerprint density at radius 2 is 2.16 bits per heavy atom. The van der Waals surface area contributed by atoms with Gasteiger partial charge in [0.15, 0.2) is 0 Å². The summed E-state index contributed by atoms with van der Waals surface area (Å²) in [4.78, 5) is 12.1. The number of hydrogen-bond donors (Lipinski definition) is 1. The highest BCUT2D eigenvalue weighted by atomic mass is 32.2. The third-order valence-corrected chi connectivity index (χ3v) is 4.27. The number of rotatable bonds is 2. The van der Waals surface area contributed by atoms with Gasteiger partial charge in [-0.3, -0.25) is 4.79 Å². The minimum atomic E-state index is -0.849. The molecule has 100 valence electrons.